The number of nitrogens with zero attached hydrogens (tertiary/aromatic N) is 2. The Morgan fingerprint density at radius 1 is 0.955 bits per heavy atom. The summed E-state index contributed by atoms with van der Waals surface area (Å²) < 4.78 is 21.7. The second kappa shape index (κ2) is 5.07. The van der Waals surface area contributed by atoms with Crippen molar-refractivity contribution < 1.29 is 18.6 Å². The number of fused-ring (bicyclic) bond motifs is 1. The number of aromatic nitrogens is 2. The molecule has 0 radical (unpaired) electrons. The zero-order chi connectivity index (χ0) is 14.9. The summed E-state index contributed by atoms with van der Waals surface area (Å²) in [5, 5.41) is 8.19. The smallest absolute Gasteiger partial charge is 0.251 e. The van der Waals surface area contributed by atoms with Crippen LogP contribution in [0.5, 0.6) is 17.2 Å². The van der Waals surface area contributed by atoms with Gasteiger partial charge in [0.2, 0.25) is 12.7 Å². The van der Waals surface area contributed by atoms with Crippen LogP contribution >= 0.6 is 0 Å². The molecule has 1 aliphatic heterocycles. The van der Waals surface area contributed by atoms with Gasteiger partial charge in [0.25, 0.3) is 5.89 Å². The molecule has 0 atom stereocenters. The van der Waals surface area contributed by atoms with Crippen LogP contribution in [0.3, 0.4) is 0 Å². The molecule has 2 heterocycles. The zero-order valence-electron chi connectivity index (χ0n) is 11.8. The Labute approximate surface area is 126 Å². The number of benzene rings is 2. The standard InChI is InChI=1S/C16H12N2O4/c1-19-12-5-3-2-4-11(12)16-18-17-15(22-16)10-6-7-13-14(8-10)21-9-20-13/h2-8H,9H2,1H3. The van der Waals surface area contributed by atoms with Crippen LogP contribution in [-0.4, -0.2) is 24.1 Å². The van der Waals surface area contributed by atoms with E-state index in [9.17, 15) is 0 Å². The predicted molar refractivity (Wildman–Crippen MR) is 77.8 cm³/mol. The fraction of sp³-hybridized carbons (Fsp3) is 0.125. The minimum Gasteiger partial charge on any atom is -0.496 e. The van der Waals surface area contributed by atoms with Crippen molar-refractivity contribution >= 4 is 0 Å². The summed E-state index contributed by atoms with van der Waals surface area (Å²) in [5.41, 5.74) is 1.53. The molecule has 0 saturated heterocycles. The molecule has 4 rings (SSSR count). The molecular weight excluding hydrogens is 284 g/mol. The maximum absolute atomic E-state index is 5.76. The Bertz CT molecular complexity index is 829. The van der Waals surface area contributed by atoms with E-state index in [1.165, 1.54) is 0 Å². The molecule has 0 saturated carbocycles. The van der Waals surface area contributed by atoms with Crippen molar-refractivity contribution in [3.05, 3.63) is 42.5 Å². The van der Waals surface area contributed by atoms with Crippen molar-refractivity contribution in [2.24, 2.45) is 0 Å². The maximum atomic E-state index is 5.76. The summed E-state index contributed by atoms with van der Waals surface area (Å²) in [5.74, 6) is 2.90. The van der Waals surface area contributed by atoms with Crippen LogP contribution in [0, 0.1) is 0 Å². The highest BCUT2D eigenvalue weighted by atomic mass is 16.7. The summed E-state index contributed by atoms with van der Waals surface area (Å²) in [4.78, 5) is 0. The van der Waals surface area contributed by atoms with E-state index in [-0.39, 0.29) is 6.79 Å². The Morgan fingerprint density at radius 3 is 2.68 bits per heavy atom. The topological polar surface area (TPSA) is 66.6 Å². The Morgan fingerprint density at radius 2 is 1.77 bits per heavy atom. The second-order valence-corrected chi connectivity index (χ2v) is 4.68. The fourth-order valence-corrected chi connectivity index (χ4v) is 2.30. The van der Waals surface area contributed by atoms with Crippen LogP contribution in [0.2, 0.25) is 0 Å². The molecule has 0 bridgehead atoms. The van der Waals surface area contributed by atoms with Crippen molar-refractivity contribution in [2.45, 2.75) is 0 Å². The first-order chi connectivity index (χ1) is 10.8. The molecule has 0 amide bonds. The molecular formula is C16H12N2O4. The lowest BCUT2D eigenvalue weighted by Crippen LogP contribution is -1.92. The van der Waals surface area contributed by atoms with Crippen LogP contribution in [-0.2, 0) is 0 Å². The molecule has 110 valence electrons. The van der Waals surface area contributed by atoms with E-state index in [2.05, 4.69) is 10.2 Å². The number of hydrogen-bond donors (Lipinski definition) is 0. The summed E-state index contributed by atoms with van der Waals surface area (Å²) in [6, 6.07) is 13.0. The highest BCUT2D eigenvalue weighted by molar-refractivity contribution is 5.65. The Kier molecular flexibility index (Phi) is 2.93. The van der Waals surface area contributed by atoms with Crippen molar-refractivity contribution in [3.8, 4) is 40.2 Å². The first kappa shape index (κ1) is 12.7. The maximum Gasteiger partial charge on any atom is 0.251 e. The fourth-order valence-electron chi connectivity index (χ4n) is 2.30. The van der Waals surface area contributed by atoms with Gasteiger partial charge in [0.05, 0.1) is 12.7 Å². The minimum atomic E-state index is 0.231. The number of ether oxygens (including phenoxy) is 3. The molecule has 22 heavy (non-hydrogen) atoms. The zero-order valence-corrected chi connectivity index (χ0v) is 11.8. The highest BCUT2D eigenvalue weighted by Gasteiger charge is 2.18. The molecule has 6 nitrogen and oxygen atoms in total. The number of hydrogen-bond acceptors (Lipinski definition) is 6. The normalized spacial score (nSPS) is 12.4. The number of para-hydroxylation sites is 1. The molecule has 0 N–H and O–H groups in total. The molecule has 0 aliphatic carbocycles. The summed E-state index contributed by atoms with van der Waals surface area (Å²) in [6.45, 7) is 0.231. The van der Waals surface area contributed by atoms with E-state index >= 15 is 0 Å². The van der Waals surface area contributed by atoms with Gasteiger partial charge in [-0.3, -0.25) is 0 Å². The van der Waals surface area contributed by atoms with Crippen LogP contribution in [0.1, 0.15) is 0 Å². The van der Waals surface area contributed by atoms with Crippen LogP contribution in [0.25, 0.3) is 22.9 Å². The summed E-state index contributed by atoms with van der Waals surface area (Å²) in [7, 11) is 1.61. The van der Waals surface area contributed by atoms with Gasteiger partial charge in [-0.2, -0.15) is 0 Å². The lowest BCUT2D eigenvalue weighted by Gasteiger charge is -2.03. The molecule has 3 aromatic rings. The van der Waals surface area contributed by atoms with Crippen LogP contribution < -0.4 is 14.2 Å². The van der Waals surface area contributed by atoms with Gasteiger partial charge < -0.3 is 18.6 Å². The first-order valence-electron chi connectivity index (χ1n) is 6.72. The molecule has 0 spiro atoms. The van der Waals surface area contributed by atoms with Crippen LogP contribution in [0.15, 0.2) is 46.9 Å². The van der Waals surface area contributed by atoms with Gasteiger partial charge in [0, 0.05) is 5.56 Å². The van der Waals surface area contributed by atoms with E-state index in [1.54, 1.807) is 7.11 Å². The van der Waals surface area contributed by atoms with E-state index in [4.69, 9.17) is 18.6 Å². The first-order valence-corrected chi connectivity index (χ1v) is 6.72. The van der Waals surface area contributed by atoms with Gasteiger partial charge in [0.1, 0.15) is 5.75 Å². The predicted octanol–water partition coefficient (Wildman–Crippen LogP) is 3.14. The van der Waals surface area contributed by atoms with Crippen molar-refractivity contribution in [2.75, 3.05) is 13.9 Å². The third-order valence-corrected chi connectivity index (χ3v) is 3.38. The largest absolute Gasteiger partial charge is 0.496 e. The SMILES string of the molecule is COc1ccccc1-c1nnc(-c2ccc3c(c2)OCO3)o1. The Balaban J connectivity index is 1.72. The van der Waals surface area contributed by atoms with Gasteiger partial charge in [-0.05, 0) is 30.3 Å². The van der Waals surface area contributed by atoms with E-state index in [1.807, 2.05) is 42.5 Å². The van der Waals surface area contributed by atoms with Crippen molar-refractivity contribution in [1.82, 2.24) is 10.2 Å². The summed E-state index contributed by atoms with van der Waals surface area (Å²) >= 11 is 0. The third-order valence-electron chi connectivity index (χ3n) is 3.38. The van der Waals surface area contributed by atoms with Gasteiger partial charge in [-0.25, -0.2) is 0 Å². The quantitative estimate of drug-likeness (QED) is 0.739. The molecule has 6 heteroatoms. The monoisotopic (exact) mass is 296 g/mol. The van der Waals surface area contributed by atoms with Crippen LogP contribution in [0.4, 0.5) is 0 Å². The van der Waals surface area contributed by atoms with Crippen molar-refractivity contribution in [1.29, 1.82) is 0 Å². The van der Waals surface area contributed by atoms with E-state index in [0.717, 1.165) is 11.1 Å². The minimum absolute atomic E-state index is 0.231. The van der Waals surface area contributed by atoms with Crippen molar-refractivity contribution in [3.63, 3.8) is 0 Å². The number of rotatable bonds is 3. The van der Waals surface area contributed by atoms with Gasteiger partial charge in [0.15, 0.2) is 11.5 Å². The van der Waals surface area contributed by atoms with Gasteiger partial charge >= 0.3 is 0 Å². The molecule has 2 aromatic carbocycles. The molecule has 0 fully saturated rings. The lowest BCUT2D eigenvalue weighted by molar-refractivity contribution is 0.174. The highest BCUT2D eigenvalue weighted by Crippen LogP contribution is 2.36. The molecule has 1 aromatic heterocycles. The Hall–Kier alpha value is -3.02. The third kappa shape index (κ3) is 2.05. The average Bonchev–Trinajstić information content (AvgIpc) is 3.23. The number of methoxy groups -OCH3 is 1. The van der Waals surface area contributed by atoms with Gasteiger partial charge in [-0.1, -0.05) is 12.1 Å². The second-order valence-electron chi connectivity index (χ2n) is 4.68. The molecule has 0 unspecified atom stereocenters. The molecule has 1 aliphatic rings. The summed E-state index contributed by atoms with van der Waals surface area (Å²) in [6.07, 6.45) is 0. The van der Waals surface area contributed by atoms with E-state index in [0.29, 0.717) is 29.0 Å². The van der Waals surface area contributed by atoms with E-state index < -0.39 is 0 Å². The van der Waals surface area contributed by atoms with Gasteiger partial charge in [-0.15, -0.1) is 10.2 Å². The lowest BCUT2D eigenvalue weighted by atomic mass is 10.2. The average molecular weight is 296 g/mol.